The zero-order chi connectivity index (χ0) is 30.2. The van der Waals surface area contributed by atoms with Gasteiger partial charge >= 0.3 is 0 Å². The van der Waals surface area contributed by atoms with E-state index in [0.717, 1.165) is 66.6 Å². The predicted octanol–water partition coefficient (Wildman–Crippen LogP) is 9.61. The van der Waals surface area contributed by atoms with Crippen LogP contribution in [0.3, 0.4) is 0 Å². The summed E-state index contributed by atoms with van der Waals surface area (Å²) in [5.74, 6) is 1.88. The van der Waals surface area contributed by atoms with Crippen LogP contribution >= 0.6 is 0 Å². The van der Waals surface area contributed by atoms with Crippen LogP contribution in [0.2, 0.25) is 0 Å². The number of hydrogen-bond acceptors (Lipinski definition) is 5. The number of rotatable bonds is 5. The minimum atomic E-state index is 0.616. The molecule has 0 aliphatic carbocycles. The van der Waals surface area contributed by atoms with Crippen LogP contribution in [0.5, 0.6) is 0 Å². The van der Waals surface area contributed by atoms with Crippen LogP contribution in [0, 0.1) is 6.92 Å². The summed E-state index contributed by atoms with van der Waals surface area (Å²) in [5, 5.41) is 2.15. The minimum absolute atomic E-state index is 0.616. The fraction of sp³-hybridized carbons (Fsp3) is 0.0250. The second-order valence-electron chi connectivity index (χ2n) is 11.0. The highest BCUT2D eigenvalue weighted by Gasteiger charge is 2.17. The molecule has 3 aromatic heterocycles. The number of nitrogens with zero attached hydrogens (tertiary/aromatic N) is 5. The second-order valence-corrected chi connectivity index (χ2v) is 11.0. The molecule has 0 aliphatic heterocycles. The Kier molecular flexibility index (Phi) is 6.61. The molecule has 0 fully saturated rings. The van der Waals surface area contributed by atoms with Crippen molar-refractivity contribution >= 4 is 21.8 Å². The van der Waals surface area contributed by atoms with Crippen LogP contribution in [0.25, 0.3) is 78.4 Å². The van der Waals surface area contributed by atoms with Crippen LogP contribution in [0.1, 0.15) is 5.69 Å². The van der Waals surface area contributed by atoms with Crippen molar-refractivity contribution in [3.05, 3.63) is 151 Å². The van der Waals surface area contributed by atoms with Crippen molar-refractivity contribution in [2.45, 2.75) is 6.92 Å². The summed E-state index contributed by atoms with van der Waals surface area (Å²) in [6.07, 6.45) is 0. The Morgan fingerprint density at radius 2 is 0.867 bits per heavy atom. The van der Waals surface area contributed by atoms with Gasteiger partial charge in [0.1, 0.15) is 0 Å². The Balaban J connectivity index is 1.33. The lowest BCUT2D eigenvalue weighted by Crippen LogP contribution is -2.01. The van der Waals surface area contributed by atoms with Gasteiger partial charge in [-0.2, -0.15) is 0 Å². The van der Waals surface area contributed by atoms with Gasteiger partial charge in [0, 0.05) is 38.7 Å². The average molecular weight is 578 g/mol. The fourth-order valence-electron chi connectivity index (χ4n) is 5.71. The molecule has 0 saturated carbocycles. The highest BCUT2D eigenvalue weighted by atomic mass is 15.0. The van der Waals surface area contributed by atoms with Crippen molar-refractivity contribution in [2.24, 2.45) is 0 Å². The zero-order valence-corrected chi connectivity index (χ0v) is 24.6. The van der Waals surface area contributed by atoms with Crippen molar-refractivity contribution in [2.75, 3.05) is 0 Å². The molecule has 0 radical (unpaired) electrons. The van der Waals surface area contributed by atoms with E-state index in [1.165, 1.54) is 0 Å². The van der Waals surface area contributed by atoms with Gasteiger partial charge in [-0.15, -0.1) is 0 Å². The summed E-state index contributed by atoms with van der Waals surface area (Å²) in [7, 11) is 0. The Labute approximate surface area is 261 Å². The molecule has 5 heteroatoms. The molecule has 0 saturated heterocycles. The first-order chi connectivity index (χ1) is 22.2. The fourth-order valence-corrected chi connectivity index (χ4v) is 5.71. The highest BCUT2D eigenvalue weighted by molar-refractivity contribution is 6.03. The van der Waals surface area contributed by atoms with Gasteiger partial charge < -0.3 is 0 Å². The smallest absolute Gasteiger partial charge is 0.164 e. The van der Waals surface area contributed by atoms with Gasteiger partial charge in [0.25, 0.3) is 0 Å². The summed E-state index contributed by atoms with van der Waals surface area (Å²) in [5.41, 5.74) is 9.56. The summed E-state index contributed by atoms with van der Waals surface area (Å²) >= 11 is 0. The number of pyridine rings is 2. The summed E-state index contributed by atoms with van der Waals surface area (Å²) < 4.78 is 0. The van der Waals surface area contributed by atoms with Crippen molar-refractivity contribution in [3.63, 3.8) is 0 Å². The predicted molar refractivity (Wildman–Crippen MR) is 182 cm³/mol. The van der Waals surface area contributed by atoms with E-state index in [1.54, 1.807) is 0 Å². The molecule has 0 bridgehead atoms. The minimum Gasteiger partial charge on any atom is -0.251 e. The lowest BCUT2D eigenvalue weighted by atomic mass is 9.95. The Morgan fingerprint density at radius 1 is 0.356 bits per heavy atom. The van der Waals surface area contributed by atoms with Crippen molar-refractivity contribution in [3.8, 4) is 56.5 Å². The van der Waals surface area contributed by atoms with Crippen LogP contribution < -0.4 is 0 Å². The molecule has 0 amide bonds. The van der Waals surface area contributed by atoms with Crippen LogP contribution in [-0.2, 0) is 0 Å². The molecule has 3 heterocycles. The van der Waals surface area contributed by atoms with Gasteiger partial charge in [0.05, 0.1) is 16.7 Å². The largest absolute Gasteiger partial charge is 0.251 e. The number of aryl methyl sites for hydroxylation is 1. The molecular weight excluding hydrogens is 550 g/mol. The van der Waals surface area contributed by atoms with Crippen LogP contribution in [-0.4, -0.2) is 24.9 Å². The monoisotopic (exact) mass is 577 g/mol. The van der Waals surface area contributed by atoms with E-state index in [0.29, 0.717) is 17.5 Å². The lowest BCUT2D eigenvalue weighted by molar-refractivity contribution is 1.07. The van der Waals surface area contributed by atoms with Gasteiger partial charge in [-0.05, 0) is 42.3 Å². The normalized spacial score (nSPS) is 11.2. The van der Waals surface area contributed by atoms with E-state index in [-0.39, 0.29) is 0 Å². The number of aromatic nitrogens is 5. The maximum Gasteiger partial charge on any atom is 0.164 e. The van der Waals surface area contributed by atoms with Crippen molar-refractivity contribution in [1.82, 2.24) is 24.9 Å². The summed E-state index contributed by atoms with van der Waals surface area (Å²) in [4.78, 5) is 24.9. The maximum atomic E-state index is 5.16. The molecule has 0 atom stereocenters. The van der Waals surface area contributed by atoms with E-state index in [9.17, 15) is 0 Å². The van der Waals surface area contributed by atoms with E-state index in [1.807, 2.05) is 79.7 Å². The first-order valence-electron chi connectivity index (χ1n) is 14.9. The van der Waals surface area contributed by atoms with E-state index >= 15 is 0 Å². The highest BCUT2D eigenvalue weighted by Crippen LogP contribution is 2.36. The summed E-state index contributed by atoms with van der Waals surface area (Å²) in [6.45, 7) is 2.01. The van der Waals surface area contributed by atoms with E-state index < -0.39 is 0 Å². The molecule has 0 unspecified atom stereocenters. The average Bonchev–Trinajstić information content (AvgIpc) is 3.12. The third kappa shape index (κ3) is 5.11. The number of fused-ring (bicyclic) bond motifs is 3. The zero-order valence-electron chi connectivity index (χ0n) is 24.6. The van der Waals surface area contributed by atoms with E-state index in [4.69, 9.17) is 24.9 Å². The number of benzene rings is 5. The molecule has 0 spiro atoms. The second kappa shape index (κ2) is 11.2. The molecule has 45 heavy (non-hydrogen) atoms. The quantitative estimate of drug-likeness (QED) is 0.191. The first-order valence-corrected chi connectivity index (χ1v) is 14.9. The molecular formula is C40H27N5. The molecule has 8 rings (SSSR count). The topological polar surface area (TPSA) is 64.5 Å². The molecule has 8 aromatic rings. The molecule has 0 N–H and O–H groups in total. The Hall–Kier alpha value is -6.07. The Bertz CT molecular complexity index is 2260. The van der Waals surface area contributed by atoms with Gasteiger partial charge in [-0.3, -0.25) is 4.98 Å². The SMILES string of the molecule is Cc1ccc2ccc3ccc(-c4ccc(-c5nc(-c6ccccc6)nc(-c6ccccc6)n5)c(-c5ccccc5)c4)nc3c2n1. The maximum absolute atomic E-state index is 5.16. The van der Waals surface area contributed by atoms with E-state index in [2.05, 4.69) is 72.8 Å². The van der Waals surface area contributed by atoms with Gasteiger partial charge in [0.2, 0.25) is 0 Å². The molecule has 5 nitrogen and oxygen atoms in total. The third-order valence-corrected chi connectivity index (χ3v) is 8.00. The van der Waals surface area contributed by atoms with Gasteiger partial charge in [-0.25, -0.2) is 19.9 Å². The van der Waals surface area contributed by atoms with Crippen molar-refractivity contribution in [1.29, 1.82) is 0 Å². The molecule has 0 aliphatic rings. The molecule has 212 valence electrons. The van der Waals surface area contributed by atoms with Gasteiger partial charge in [0.15, 0.2) is 17.5 Å². The van der Waals surface area contributed by atoms with Gasteiger partial charge in [-0.1, -0.05) is 121 Å². The van der Waals surface area contributed by atoms with Crippen LogP contribution in [0.4, 0.5) is 0 Å². The lowest BCUT2D eigenvalue weighted by Gasteiger charge is -2.14. The number of hydrogen-bond donors (Lipinski definition) is 0. The van der Waals surface area contributed by atoms with Crippen LogP contribution in [0.15, 0.2) is 146 Å². The first kappa shape index (κ1) is 26.5. The summed E-state index contributed by atoms with van der Waals surface area (Å²) in [6, 6.07) is 49.5. The third-order valence-electron chi connectivity index (χ3n) is 8.00. The standard InChI is InChI=1S/C40H27N5/c1-26-17-18-28-19-20-29-22-24-35(42-37(29)36(28)41-26)32-21-23-33(34(25-32)27-11-5-2-6-12-27)40-44-38(30-13-7-3-8-14-30)43-39(45-40)31-15-9-4-10-16-31/h2-25H,1H3. The Morgan fingerprint density at radius 3 is 1.49 bits per heavy atom. The molecule has 5 aromatic carbocycles. The van der Waals surface area contributed by atoms with Crippen molar-refractivity contribution < 1.29 is 0 Å².